The monoisotopic (exact) mass is 435 g/mol. The lowest BCUT2D eigenvalue weighted by Gasteiger charge is -2.20. The van der Waals surface area contributed by atoms with Crippen molar-refractivity contribution < 1.29 is 5.11 Å². The van der Waals surface area contributed by atoms with E-state index in [2.05, 4.69) is 81.4 Å². The molecule has 0 fully saturated rings. The van der Waals surface area contributed by atoms with Crippen LogP contribution in [0.15, 0.2) is 91.0 Å². The highest BCUT2D eigenvalue weighted by Crippen LogP contribution is 2.41. The molecule has 4 aromatic carbocycles. The Balaban J connectivity index is 1.74. The number of nitrogens with zero attached hydrogens (tertiary/aromatic N) is 1. The summed E-state index contributed by atoms with van der Waals surface area (Å²) < 4.78 is 1.13. The van der Waals surface area contributed by atoms with Gasteiger partial charge in [0.05, 0.1) is 15.8 Å². The van der Waals surface area contributed by atoms with Gasteiger partial charge in [-0.1, -0.05) is 81.4 Å². The van der Waals surface area contributed by atoms with Crippen molar-refractivity contribution >= 4 is 21.6 Å². The zero-order valence-corrected chi connectivity index (χ0v) is 19.3. The molecule has 0 amide bonds. The maximum Gasteiger partial charge on any atom is 0.128 e. The van der Waals surface area contributed by atoms with E-state index in [4.69, 9.17) is 4.98 Å². The van der Waals surface area contributed by atoms with E-state index in [0.29, 0.717) is 0 Å². The van der Waals surface area contributed by atoms with Crippen molar-refractivity contribution in [2.75, 3.05) is 0 Å². The minimum absolute atomic E-state index is 0.0129. The second kappa shape index (κ2) is 7.92. The third-order valence-corrected chi connectivity index (χ3v) is 6.81. The highest BCUT2D eigenvalue weighted by molar-refractivity contribution is 7.21. The van der Waals surface area contributed by atoms with Gasteiger partial charge >= 0.3 is 0 Å². The molecule has 0 atom stereocenters. The molecule has 0 aliphatic heterocycles. The molecule has 5 aromatic rings. The lowest BCUT2D eigenvalue weighted by atomic mass is 9.85. The van der Waals surface area contributed by atoms with Crippen molar-refractivity contribution in [2.45, 2.75) is 26.2 Å². The van der Waals surface area contributed by atoms with Crippen molar-refractivity contribution in [2.24, 2.45) is 0 Å². The third kappa shape index (κ3) is 3.80. The number of phenols is 1. The van der Waals surface area contributed by atoms with Gasteiger partial charge in [0.1, 0.15) is 10.8 Å². The summed E-state index contributed by atoms with van der Waals surface area (Å²) in [6.07, 6.45) is 0. The number of hydrogen-bond donors (Lipinski definition) is 1. The molecule has 0 bridgehead atoms. The van der Waals surface area contributed by atoms with Gasteiger partial charge in [-0.05, 0) is 58.0 Å². The number of phenolic OH excluding ortho intramolecular Hbond substituents is 1. The molecule has 2 nitrogen and oxygen atoms in total. The van der Waals surface area contributed by atoms with Gasteiger partial charge in [0.25, 0.3) is 0 Å². The maximum atomic E-state index is 10.4. The largest absolute Gasteiger partial charge is 0.507 e. The number of aromatic nitrogens is 1. The SMILES string of the molecule is CC(C)(C)c1cc(-c2cccc(-c3ccccc3)c2)c2nc(-c3ccccc3O)sc2c1. The molecule has 1 N–H and O–H groups in total. The number of rotatable bonds is 3. The van der Waals surface area contributed by atoms with Gasteiger partial charge < -0.3 is 5.11 Å². The first kappa shape index (κ1) is 20.5. The Hall–Kier alpha value is -3.43. The smallest absolute Gasteiger partial charge is 0.128 e. The van der Waals surface area contributed by atoms with E-state index in [1.54, 1.807) is 17.4 Å². The summed E-state index contributed by atoms with van der Waals surface area (Å²) in [6.45, 7) is 6.72. The van der Waals surface area contributed by atoms with Crippen LogP contribution in [0.25, 0.3) is 43.0 Å². The normalized spacial score (nSPS) is 11.7. The van der Waals surface area contributed by atoms with Crippen LogP contribution < -0.4 is 0 Å². The molecule has 0 saturated heterocycles. The summed E-state index contributed by atoms with van der Waals surface area (Å²) in [4.78, 5) is 5.00. The molecule has 3 heteroatoms. The highest BCUT2D eigenvalue weighted by atomic mass is 32.1. The van der Waals surface area contributed by atoms with Gasteiger partial charge in [0.2, 0.25) is 0 Å². The van der Waals surface area contributed by atoms with Crippen LogP contribution in [-0.4, -0.2) is 10.1 Å². The zero-order chi connectivity index (χ0) is 22.3. The molecule has 0 radical (unpaired) electrons. The van der Waals surface area contributed by atoms with Gasteiger partial charge in [-0.2, -0.15) is 0 Å². The fraction of sp³-hybridized carbons (Fsp3) is 0.138. The summed E-state index contributed by atoms with van der Waals surface area (Å²) in [7, 11) is 0. The number of hydrogen-bond acceptors (Lipinski definition) is 3. The highest BCUT2D eigenvalue weighted by Gasteiger charge is 2.20. The van der Waals surface area contributed by atoms with Crippen LogP contribution in [0.3, 0.4) is 0 Å². The fourth-order valence-corrected chi connectivity index (χ4v) is 5.02. The average molecular weight is 436 g/mol. The van der Waals surface area contributed by atoms with Crippen LogP contribution in [-0.2, 0) is 5.41 Å². The van der Waals surface area contributed by atoms with Crippen molar-refractivity contribution in [3.8, 4) is 38.6 Å². The summed E-state index contributed by atoms with van der Waals surface area (Å²) >= 11 is 1.63. The topological polar surface area (TPSA) is 33.1 Å². The molecule has 1 heterocycles. The van der Waals surface area contributed by atoms with E-state index in [1.165, 1.54) is 16.7 Å². The molecular formula is C29H25NOS. The lowest BCUT2D eigenvalue weighted by Crippen LogP contribution is -2.11. The second-order valence-electron chi connectivity index (χ2n) is 9.10. The van der Waals surface area contributed by atoms with Crippen LogP contribution in [0.2, 0.25) is 0 Å². The average Bonchev–Trinajstić information content (AvgIpc) is 3.23. The fourth-order valence-electron chi connectivity index (χ4n) is 3.95. The number of thiazole rings is 1. The summed E-state index contributed by atoms with van der Waals surface area (Å²) in [5.41, 5.74) is 7.71. The standard InChI is InChI=1S/C29H25NOS/c1-29(2,3)22-17-24(21-13-9-12-20(16-21)19-10-5-4-6-11-19)27-26(18-22)32-28(30-27)23-14-7-8-15-25(23)31/h4-18,31H,1-3H3. The molecule has 0 aliphatic carbocycles. The molecule has 0 unspecified atom stereocenters. The number of benzene rings is 4. The van der Waals surface area contributed by atoms with E-state index < -0.39 is 0 Å². The Morgan fingerprint density at radius 2 is 1.38 bits per heavy atom. The maximum absolute atomic E-state index is 10.4. The zero-order valence-electron chi connectivity index (χ0n) is 18.5. The Morgan fingerprint density at radius 3 is 2.12 bits per heavy atom. The van der Waals surface area contributed by atoms with Crippen LogP contribution in [0.4, 0.5) is 0 Å². The van der Waals surface area contributed by atoms with E-state index >= 15 is 0 Å². The molecule has 32 heavy (non-hydrogen) atoms. The van der Waals surface area contributed by atoms with Crippen molar-refractivity contribution in [1.29, 1.82) is 0 Å². The molecule has 0 aliphatic rings. The first-order valence-corrected chi connectivity index (χ1v) is 11.6. The van der Waals surface area contributed by atoms with Gasteiger partial charge in [-0.15, -0.1) is 11.3 Å². The second-order valence-corrected chi connectivity index (χ2v) is 10.1. The Labute approximate surface area is 192 Å². The first-order chi connectivity index (χ1) is 15.4. The van der Waals surface area contributed by atoms with Crippen LogP contribution in [0.1, 0.15) is 26.3 Å². The van der Waals surface area contributed by atoms with E-state index in [1.807, 2.05) is 24.3 Å². The molecular weight excluding hydrogens is 410 g/mol. The molecule has 5 rings (SSSR count). The number of aromatic hydroxyl groups is 1. The Morgan fingerprint density at radius 1 is 0.688 bits per heavy atom. The van der Waals surface area contributed by atoms with Gasteiger partial charge in [0, 0.05) is 5.56 Å². The summed E-state index contributed by atoms with van der Waals surface area (Å²) in [5, 5.41) is 11.2. The van der Waals surface area contributed by atoms with Gasteiger partial charge in [0.15, 0.2) is 0 Å². The molecule has 158 valence electrons. The lowest BCUT2D eigenvalue weighted by molar-refractivity contribution is 0.477. The Bertz CT molecular complexity index is 1410. The predicted molar refractivity (Wildman–Crippen MR) is 136 cm³/mol. The van der Waals surface area contributed by atoms with Crippen molar-refractivity contribution in [3.05, 3.63) is 96.6 Å². The van der Waals surface area contributed by atoms with Gasteiger partial charge in [-0.25, -0.2) is 4.98 Å². The number of fused-ring (bicyclic) bond motifs is 1. The van der Waals surface area contributed by atoms with E-state index in [0.717, 1.165) is 31.9 Å². The minimum Gasteiger partial charge on any atom is -0.507 e. The van der Waals surface area contributed by atoms with E-state index in [9.17, 15) is 5.11 Å². The quantitative estimate of drug-likeness (QED) is 0.309. The molecule has 0 spiro atoms. The van der Waals surface area contributed by atoms with Crippen LogP contribution >= 0.6 is 11.3 Å². The molecule has 0 saturated carbocycles. The Kier molecular flexibility index (Phi) is 5.07. The molecule has 1 aromatic heterocycles. The van der Waals surface area contributed by atoms with Crippen molar-refractivity contribution in [1.82, 2.24) is 4.98 Å². The van der Waals surface area contributed by atoms with Gasteiger partial charge in [-0.3, -0.25) is 0 Å². The van der Waals surface area contributed by atoms with Crippen LogP contribution in [0, 0.1) is 0 Å². The number of para-hydroxylation sites is 1. The minimum atomic E-state index is 0.0129. The van der Waals surface area contributed by atoms with E-state index in [-0.39, 0.29) is 11.2 Å². The van der Waals surface area contributed by atoms with Crippen molar-refractivity contribution in [3.63, 3.8) is 0 Å². The summed E-state index contributed by atoms with van der Waals surface area (Å²) in [5.74, 6) is 0.259. The summed E-state index contributed by atoms with van der Waals surface area (Å²) in [6, 6.07) is 31.1. The predicted octanol–water partition coefficient (Wildman–Crippen LogP) is 8.30. The third-order valence-electron chi connectivity index (χ3n) is 5.78. The first-order valence-electron chi connectivity index (χ1n) is 10.8. The van der Waals surface area contributed by atoms with Crippen LogP contribution in [0.5, 0.6) is 5.75 Å².